The van der Waals surface area contributed by atoms with Gasteiger partial charge in [0.25, 0.3) is 0 Å². The standard InChI is InChI=1S/C17H19FN4O2/c1-10-16(15-9-24-5-4-21(15)3)11(2)22(20-10)14-7-12(8-19)6-13(18)17(14)23/h6-7,15,23H,4-5,9H2,1-3H3. The van der Waals surface area contributed by atoms with E-state index in [2.05, 4.69) is 10.00 Å². The Labute approximate surface area is 139 Å². The number of rotatable bonds is 2. The Morgan fingerprint density at radius 3 is 2.83 bits per heavy atom. The zero-order valence-electron chi connectivity index (χ0n) is 13.9. The number of aromatic hydroxyl groups is 1. The Balaban J connectivity index is 2.13. The van der Waals surface area contributed by atoms with E-state index in [0.717, 1.165) is 29.6 Å². The number of hydrogen-bond donors (Lipinski definition) is 1. The van der Waals surface area contributed by atoms with Gasteiger partial charge in [-0.05, 0) is 33.0 Å². The van der Waals surface area contributed by atoms with Crippen molar-refractivity contribution in [2.75, 3.05) is 26.8 Å². The van der Waals surface area contributed by atoms with Gasteiger partial charge in [-0.15, -0.1) is 0 Å². The highest BCUT2D eigenvalue weighted by Crippen LogP contribution is 2.33. The van der Waals surface area contributed by atoms with Crippen LogP contribution in [0.1, 0.15) is 28.6 Å². The van der Waals surface area contributed by atoms with Gasteiger partial charge in [0.2, 0.25) is 0 Å². The molecule has 0 aliphatic carbocycles. The van der Waals surface area contributed by atoms with Crippen molar-refractivity contribution < 1.29 is 14.2 Å². The molecule has 6 nitrogen and oxygen atoms in total. The molecule has 24 heavy (non-hydrogen) atoms. The van der Waals surface area contributed by atoms with Crippen LogP contribution in [0.15, 0.2) is 12.1 Å². The Bertz CT molecular complexity index is 825. The van der Waals surface area contributed by atoms with Crippen molar-refractivity contribution in [3.8, 4) is 17.5 Å². The van der Waals surface area contributed by atoms with E-state index in [4.69, 9.17) is 10.00 Å². The molecular formula is C17H19FN4O2. The predicted molar refractivity (Wildman–Crippen MR) is 85.6 cm³/mol. The molecule has 0 spiro atoms. The van der Waals surface area contributed by atoms with Gasteiger partial charge in [0.05, 0.1) is 36.6 Å². The van der Waals surface area contributed by atoms with Crippen molar-refractivity contribution in [3.05, 3.63) is 40.5 Å². The van der Waals surface area contributed by atoms with Crippen LogP contribution in [-0.4, -0.2) is 46.6 Å². The quantitative estimate of drug-likeness (QED) is 0.914. The van der Waals surface area contributed by atoms with Gasteiger partial charge >= 0.3 is 0 Å². The summed E-state index contributed by atoms with van der Waals surface area (Å²) in [6, 6.07) is 4.39. The highest BCUT2D eigenvalue weighted by molar-refractivity contribution is 5.53. The minimum atomic E-state index is -0.837. The fourth-order valence-electron chi connectivity index (χ4n) is 3.17. The summed E-state index contributed by atoms with van der Waals surface area (Å²) in [4.78, 5) is 2.19. The van der Waals surface area contributed by atoms with E-state index in [9.17, 15) is 9.50 Å². The fraction of sp³-hybridized carbons (Fsp3) is 0.412. The molecule has 0 bridgehead atoms. The second kappa shape index (κ2) is 6.23. The highest BCUT2D eigenvalue weighted by atomic mass is 19.1. The zero-order valence-corrected chi connectivity index (χ0v) is 13.9. The molecule has 0 amide bonds. The number of aromatic nitrogens is 2. The van der Waals surface area contributed by atoms with Gasteiger partial charge in [-0.1, -0.05) is 0 Å². The van der Waals surface area contributed by atoms with Crippen LogP contribution in [0.3, 0.4) is 0 Å². The molecule has 1 atom stereocenters. The van der Waals surface area contributed by atoms with Gasteiger partial charge in [-0.25, -0.2) is 9.07 Å². The zero-order chi connectivity index (χ0) is 17.4. The number of benzene rings is 1. The number of halogens is 1. The molecule has 1 fully saturated rings. The number of phenols is 1. The third-order valence-electron chi connectivity index (χ3n) is 4.48. The fourth-order valence-corrected chi connectivity index (χ4v) is 3.17. The lowest BCUT2D eigenvalue weighted by Crippen LogP contribution is -2.37. The third-order valence-corrected chi connectivity index (χ3v) is 4.48. The van der Waals surface area contributed by atoms with Crippen LogP contribution in [-0.2, 0) is 4.74 Å². The van der Waals surface area contributed by atoms with Crippen molar-refractivity contribution in [2.45, 2.75) is 19.9 Å². The van der Waals surface area contributed by atoms with E-state index < -0.39 is 11.6 Å². The first-order valence-electron chi connectivity index (χ1n) is 7.71. The number of morpholine rings is 1. The van der Waals surface area contributed by atoms with Crippen LogP contribution in [0.4, 0.5) is 4.39 Å². The molecule has 1 aromatic carbocycles. The maximum atomic E-state index is 13.9. The van der Waals surface area contributed by atoms with E-state index in [0.29, 0.717) is 13.2 Å². The molecule has 2 aromatic rings. The second-order valence-electron chi connectivity index (χ2n) is 6.01. The van der Waals surface area contributed by atoms with E-state index in [-0.39, 0.29) is 17.3 Å². The lowest BCUT2D eigenvalue weighted by Gasteiger charge is -2.32. The Hall–Kier alpha value is -2.43. The molecular weight excluding hydrogens is 311 g/mol. The summed E-state index contributed by atoms with van der Waals surface area (Å²) in [5.41, 5.74) is 2.88. The average Bonchev–Trinajstić information content (AvgIpc) is 2.85. The van der Waals surface area contributed by atoms with Crippen molar-refractivity contribution >= 4 is 0 Å². The summed E-state index contributed by atoms with van der Waals surface area (Å²) >= 11 is 0. The van der Waals surface area contributed by atoms with Gasteiger partial charge < -0.3 is 9.84 Å². The number of nitrogens with zero attached hydrogens (tertiary/aromatic N) is 4. The molecule has 3 rings (SSSR count). The van der Waals surface area contributed by atoms with Crippen molar-refractivity contribution in [2.24, 2.45) is 0 Å². The first-order chi connectivity index (χ1) is 11.4. The lowest BCUT2D eigenvalue weighted by molar-refractivity contribution is 0.00459. The molecule has 1 saturated heterocycles. The number of hydrogen-bond acceptors (Lipinski definition) is 5. The lowest BCUT2D eigenvalue weighted by atomic mass is 10.0. The second-order valence-corrected chi connectivity index (χ2v) is 6.01. The summed E-state index contributed by atoms with van der Waals surface area (Å²) in [6.07, 6.45) is 0. The number of phenolic OH excluding ortho intramolecular Hbond substituents is 1. The van der Waals surface area contributed by atoms with Gasteiger partial charge in [0.1, 0.15) is 5.69 Å². The van der Waals surface area contributed by atoms with Gasteiger partial charge in [0.15, 0.2) is 11.6 Å². The Kier molecular flexibility index (Phi) is 4.26. The molecule has 2 heterocycles. The van der Waals surface area contributed by atoms with Crippen LogP contribution in [0.25, 0.3) is 5.69 Å². The van der Waals surface area contributed by atoms with Crippen LogP contribution in [0.2, 0.25) is 0 Å². The first kappa shape index (κ1) is 16.4. The SMILES string of the molecule is Cc1nn(-c2cc(C#N)cc(F)c2O)c(C)c1C1COCCN1C. The molecule has 1 aliphatic rings. The topological polar surface area (TPSA) is 74.3 Å². The van der Waals surface area contributed by atoms with Gasteiger partial charge in [-0.2, -0.15) is 10.4 Å². The smallest absolute Gasteiger partial charge is 0.177 e. The van der Waals surface area contributed by atoms with E-state index >= 15 is 0 Å². The molecule has 1 aliphatic heterocycles. The molecule has 1 N–H and O–H groups in total. The van der Waals surface area contributed by atoms with E-state index in [1.165, 1.54) is 10.7 Å². The minimum absolute atomic E-state index is 0.0543. The van der Waals surface area contributed by atoms with Crippen molar-refractivity contribution in [1.29, 1.82) is 5.26 Å². The van der Waals surface area contributed by atoms with Crippen molar-refractivity contribution in [1.82, 2.24) is 14.7 Å². The summed E-state index contributed by atoms with van der Waals surface area (Å²) in [5.74, 6) is -1.35. The first-order valence-corrected chi connectivity index (χ1v) is 7.71. The summed E-state index contributed by atoms with van der Waals surface area (Å²) in [6.45, 7) is 5.81. The molecule has 126 valence electrons. The highest BCUT2D eigenvalue weighted by Gasteiger charge is 2.28. The number of likely N-dealkylation sites (N-methyl/N-ethyl adjacent to an activating group) is 1. The molecule has 7 heteroatoms. The average molecular weight is 330 g/mol. The maximum Gasteiger partial charge on any atom is 0.177 e. The number of ether oxygens (including phenoxy) is 1. The van der Waals surface area contributed by atoms with Crippen LogP contribution < -0.4 is 0 Å². The van der Waals surface area contributed by atoms with Crippen LogP contribution >= 0.6 is 0 Å². The largest absolute Gasteiger partial charge is 0.503 e. The third kappa shape index (κ3) is 2.64. The minimum Gasteiger partial charge on any atom is -0.503 e. The number of nitriles is 1. The van der Waals surface area contributed by atoms with E-state index in [1.807, 2.05) is 27.0 Å². The Morgan fingerprint density at radius 2 is 2.17 bits per heavy atom. The van der Waals surface area contributed by atoms with Crippen LogP contribution in [0, 0.1) is 31.0 Å². The van der Waals surface area contributed by atoms with E-state index in [1.54, 1.807) is 0 Å². The monoisotopic (exact) mass is 330 g/mol. The van der Waals surface area contributed by atoms with Crippen LogP contribution in [0.5, 0.6) is 5.75 Å². The summed E-state index contributed by atoms with van der Waals surface area (Å²) in [7, 11) is 2.02. The predicted octanol–water partition coefficient (Wildman–Crippen LogP) is 2.21. The summed E-state index contributed by atoms with van der Waals surface area (Å²) < 4.78 is 21.0. The number of aryl methyl sites for hydroxylation is 1. The molecule has 0 saturated carbocycles. The van der Waals surface area contributed by atoms with Gasteiger partial charge in [-0.3, -0.25) is 4.90 Å². The van der Waals surface area contributed by atoms with Crippen molar-refractivity contribution in [3.63, 3.8) is 0 Å². The normalized spacial score (nSPS) is 18.5. The van der Waals surface area contributed by atoms with Gasteiger partial charge in [0, 0.05) is 17.8 Å². The maximum absolute atomic E-state index is 13.9. The molecule has 1 aromatic heterocycles. The Morgan fingerprint density at radius 1 is 1.42 bits per heavy atom. The molecule has 1 unspecified atom stereocenters. The molecule has 0 radical (unpaired) electrons. The summed E-state index contributed by atoms with van der Waals surface area (Å²) in [5, 5.41) is 23.6.